The van der Waals surface area contributed by atoms with E-state index in [2.05, 4.69) is 43.3 Å². The minimum absolute atomic E-state index is 0.0780. The summed E-state index contributed by atoms with van der Waals surface area (Å²) in [4.78, 5) is 23.1. The number of aromatic nitrogens is 2. The number of rotatable bonds is 16. The predicted molar refractivity (Wildman–Crippen MR) is 122 cm³/mol. The van der Waals surface area contributed by atoms with Crippen molar-refractivity contribution >= 4 is 11.6 Å². The lowest BCUT2D eigenvalue weighted by Gasteiger charge is -2.29. The highest BCUT2D eigenvalue weighted by Crippen LogP contribution is 2.26. The number of nitrogens with zero attached hydrogens (tertiary/aromatic N) is 4. The third kappa shape index (κ3) is 8.94. The van der Waals surface area contributed by atoms with Crippen LogP contribution in [0.4, 0.5) is 5.82 Å². The predicted octanol–water partition coefficient (Wildman–Crippen LogP) is 5.20. The first-order valence-electron chi connectivity index (χ1n) is 11.2. The van der Waals surface area contributed by atoms with E-state index in [-0.39, 0.29) is 11.7 Å². The fourth-order valence-electron chi connectivity index (χ4n) is 3.40. The van der Waals surface area contributed by atoms with Gasteiger partial charge in [0.1, 0.15) is 5.82 Å². The molecule has 1 aromatic rings. The summed E-state index contributed by atoms with van der Waals surface area (Å²) in [5.41, 5.74) is 2.05. The van der Waals surface area contributed by atoms with E-state index in [1.165, 1.54) is 6.08 Å². The molecule has 166 valence electrons. The van der Waals surface area contributed by atoms with Crippen molar-refractivity contribution in [2.75, 3.05) is 24.6 Å². The molecule has 0 aromatic carbocycles. The number of aryl methyl sites for hydroxylation is 1. The molecule has 30 heavy (non-hydrogen) atoms. The number of hydrogen-bond acceptors (Lipinski definition) is 6. The number of carbonyl (C=O) groups excluding carboxylic acids is 1. The Morgan fingerprint density at radius 3 is 2.67 bits per heavy atom. The highest BCUT2D eigenvalue weighted by Gasteiger charge is 2.19. The molecule has 0 aliphatic heterocycles. The molecule has 0 unspecified atom stereocenters. The van der Waals surface area contributed by atoms with Crippen LogP contribution in [0.3, 0.4) is 0 Å². The Hall–Kier alpha value is -2.42. The smallest absolute Gasteiger partial charge is 0.318 e. The lowest BCUT2D eigenvalue weighted by Crippen LogP contribution is -2.32. The van der Waals surface area contributed by atoms with Crippen LogP contribution in [-0.2, 0) is 11.2 Å². The van der Waals surface area contributed by atoms with Crippen molar-refractivity contribution in [3.8, 4) is 12.1 Å². The first kappa shape index (κ1) is 25.6. The molecule has 0 bridgehead atoms. The molecule has 0 saturated heterocycles. The van der Waals surface area contributed by atoms with Gasteiger partial charge in [0.25, 0.3) is 0 Å². The van der Waals surface area contributed by atoms with Gasteiger partial charge in [-0.05, 0) is 44.6 Å². The molecule has 0 N–H and O–H groups in total. The van der Waals surface area contributed by atoms with E-state index >= 15 is 0 Å². The summed E-state index contributed by atoms with van der Waals surface area (Å²) < 4.78 is 5.85. The monoisotopic (exact) mass is 414 g/mol. The van der Waals surface area contributed by atoms with Crippen molar-refractivity contribution in [2.45, 2.75) is 79.1 Å². The number of nitriles is 1. The number of carbonyl (C=O) groups is 1. The normalized spacial score (nSPS) is 11.6. The zero-order valence-electron chi connectivity index (χ0n) is 19.2. The summed E-state index contributed by atoms with van der Waals surface area (Å²) >= 11 is 0. The van der Waals surface area contributed by atoms with Crippen molar-refractivity contribution in [1.29, 1.82) is 5.26 Å². The van der Waals surface area contributed by atoms with E-state index in [9.17, 15) is 4.79 Å². The molecule has 6 heteroatoms. The number of unbranched alkanes of at least 4 members (excludes halogenated alkanes) is 3. The minimum Gasteiger partial charge on any atom is -0.463 e. The third-order valence-corrected chi connectivity index (χ3v) is 5.10. The zero-order chi connectivity index (χ0) is 22.4. The van der Waals surface area contributed by atoms with Crippen LogP contribution in [0.25, 0.3) is 0 Å². The summed E-state index contributed by atoms with van der Waals surface area (Å²) in [6.07, 6.45) is 8.16. The summed E-state index contributed by atoms with van der Waals surface area (Å²) in [5, 5.41) is 9.09. The van der Waals surface area contributed by atoms with E-state index in [0.29, 0.717) is 25.5 Å². The second-order valence-corrected chi connectivity index (χ2v) is 7.84. The van der Waals surface area contributed by atoms with Crippen molar-refractivity contribution in [3.63, 3.8) is 0 Å². The summed E-state index contributed by atoms with van der Waals surface area (Å²) in [5.74, 6) is 1.20. The largest absolute Gasteiger partial charge is 0.463 e. The van der Waals surface area contributed by atoms with Crippen LogP contribution in [0.2, 0.25) is 0 Å². The lowest BCUT2D eigenvalue weighted by atomic mass is 10.1. The van der Waals surface area contributed by atoms with Crippen LogP contribution in [-0.4, -0.2) is 35.4 Å². The highest BCUT2D eigenvalue weighted by atomic mass is 16.5. The third-order valence-electron chi connectivity index (χ3n) is 5.10. The molecular weight excluding hydrogens is 376 g/mol. The fourth-order valence-corrected chi connectivity index (χ4v) is 3.40. The summed E-state index contributed by atoms with van der Waals surface area (Å²) in [6.45, 7) is 14.0. The van der Waals surface area contributed by atoms with Gasteiger partial charge in [0.15, 0.2) is 5.78 Å². The van der Waals surface area contributed by atoms with E-state index in [4.69, 9.17) is 15.0 Å². The van der Waals surface area contributed by atoms with Crippen LogP contribution in [0.1, 0.15) is 77.0 Å². The molecule has 0 radical (unpaired) electrons. The Balaban J connectivity index is 3.04. The second kappa shape index (κ2) is 14.5. The quantitative estimate of drug-likeness (QED) is 0.273. The fraction of sp³-hybridized carbons (Fsp3) is 0.667. The Labute approximate surface area is 182 Å². The Kier molecular flexibility index (Phi) is 12.4. The molecule has 0 amide bonds. The first-order valence-corrected chi connectivity index (χ1v) is 11.2. The van der Waals surface area contributed by atoms with Crippen LogP contribution < -0.4 is 9.64 Å². The second-order valence-electron chi connectivity index (χ2n) is 7.84. The van der Waals surface area contributed by atoms with Gasteiger partial charge in [0.05, 0.1) is 12.7 Å². The maximum Gasteiger partial charge on any atom is 0.318 e. The van der Waals surface area contributed by atoms with Gasteiger partial charge in [0.2, 0.25) is 0 Å². The van der Waals surface area contributed by atoms with E-state index < -0.39 is 0 Å². The Morgan fingerprint density at radius 1 is 1.27 bits per heavy atom. The van der Waals surface area contributed by atoms with Crippen LogP contribution in [0.15, 0.2) is 12.7 Å². The molecular formula is C24H38N4O2. The molecule has 1 heterocycles. The van der Waals surface area contributed by atoms with Gasteiger partial charge < -0.3 is 9.64 Å². The van der Waals surface area contributed by atoms with Gasteiger partial charge in [-0.25, -0.2) is 4.98 Å². The minimum atomic E-state index is 0.0780. The highest BCUT2D eigenvalue weighted by molar-refractivity contribution is 5.88. The standard InChI is InChI=1S/C24H38N4O2/c1-6-9-12-17-30-24-26-20(5)22(8-3)23(27-24)28(18-19(4)14-15-25)16-11-10-13-21(29)7-2/h7,19H,2,6,8-14,16-18H2,1,3-5H3/t19-/m0/s1. The Bertz CT molecular complexity index is 712. The molecule has 0 aliphatic rings. The summed E-state index contributed by atoms with van der Waals surface area (Å²) in [6, 6.07) is 2.69. The van der Waals surface area contributed by atoms with Gasteiger partial charge in [-0.2, -0.15) is 10.2 Å². The van der Waals surface area contributed by atoms with Gasteiger partial charge in [0, 0.05) is 37.2 Å². The first-order chi connectivity index (χ1) is 14.5. The number of ketones is 1. The molecule has 0 spiro atoms. The number of allylic oxidation sites excluding steroid dienone is 1. The molecule has 0 saturated carbocycles. The average Bonchev–Trinajstić information content (AvgIpc) is 2.73. The van der Waals surface area contributed by atoms with Crippen LogP contribution >= 0.6 is 0 Å². The Morgan fingerprint density at radius 2 is 2.03 bits per heavy atom. The van der Waals surface area contributed by atoms with E-state index in [1.54, 1.807) is 0 Å². The van der Waals surface area contributed by atoms with Crippen LogP contribution in [0.5, 0.6) is 6.01 Å². The van der Waals surface area contributed by atoms with Crippen molar-refractivity contribution in [3.05, 3.63) is 23.9 Å². The molecule has 6 nitrogen and oxygen atoms in total. The SMILES string of the molecule is C=CC(=O)CCCCN(C[C@@H](C)CC#N)c1nc(OCCCCC)nc(C)c1CC. The molecule has 1 aromatic heterocycles. The van der Waals surface area contributed by atoms with Gasteiger partial charge in [-0.3, -0.25) is 4.79 Å². The average molecular weight is 415 g/mol. The molecule has 0 fully saturated rings. The topological polar surface area (TPSA) is 79.1 Å². The van der Waals surface area contributed by atoms with Crippen molar-refractivity contribution in [2.24, 2.45) is 5.92 Å². The maximum absolute atomic E-state index is 11.5. The maximum atomic E-state index is 11.5. The van der Waals surface area contributed by atoms with Gasteiger partial charge in [-0.1, -0.05) is 40.2 Å². The number of anilines is 1. The number of ether oxygens (including phenoxy) is 1. The van der Waals surface area contributed by atoms with Gasteiger partial charge in [-0.15, -0.1) is 0 Å². The van der Waals surface area contributed by atoms with Crippen LogP contribution in [0, 0.1) is 24.2 Å². The van der Waals surface area contributed by atoms with Crippen molar-refractivity contribution < 1.29 is 9.53 Å². The molecule has 1 rings (SSSR count). The van der Waals surface area contributed by atoms with Gasteiger partial charge >= 0.3 is 6.01 Å². The zero-order valence-corrected chi connectivity index (χ0v) is 19.2. The van der Waals surface area contributed by atoms with E-state index in [0.717, 1.165) is 68.7 Å². The molecule has 1 atom stereocenters. The van der Waals surface area contributed by atoms with Crippen molar-refractivity contribution in [1.82, 2.24) is 9.97 Å². The van der Waals surface area contributed by atoms with E-state index in [1.807, 2.05) is 6.92 Å². The summed E-state index contributed by atoms with van der Waals surface area (Å²) in [7, 11) is 0. The number of hydrogen-bond donors (Lipinski definition) is 0. The molecule has 0 aliphatic carbocycles. The lowest BCUT2D eigenvalue weighted by molar-refractivity contribution is -0.114.